The van der Waals surface area contributed by atoms with E-state index >= 15 is 0 Å². The fraction of sp³-hybridized carbons (Fsp3) is 0.304. The summed E-state index contributed by atoms with van der Waals surface area (Å²) < 4.78 is 11.3. The number of aryl methyl sites for hydroxylation is 2. The summed E-state index contributed by atoms with van der Waals surface area (Å²) in [6.07, 6.45) is 0.972. The van der Waals surface area contributed by atoms with Crippen LogP contribution in [0.5, 0.6) is 5.75 Å². The van der Waals surface area contributed by atoms with Gasteiger partial charge >= 0.3 is 0 Å². The lowest BCUT2D eigenvalue weighted by atomic mass is 10.1. The molecule has 2 aromatic carbocycles. The molecule has 3 rings (SSSR count). The summed E-state index contributed by atoms with van der Waals surface area (Å²) in [7, 11) is 0. The van der Waals surface area contributed by atoms with Crippen molar-refractivity contribution in [1.82, 2.24) is 4.90 Å². The van der Waals surface area contributed by atoms with Gasteiger partial charge in [-0.3, -0.25) is 4.90 Å². The minimum absolute atomic E-state index is 0.201. The van der Waals surface area contributed by atoms with Crippen molar-refractivity contribution in [2.75, 3.05) is 13.2 Å². The third-order valence-corrected chi connectivity index (χ3v) is 5.19. The molecule has 0 radical (unpaired) electrons. The van der Waals surface area contributed by atoms with Crippen molar-refractivity contribution in [2.45, 2.75) is 33.0 Å². The van der Waals surface area contributed by atoms with Gasteiger partial charge in [0, 0.05) is 23.1 Å². The molecule has 1 N–H and O–H groups in total. The summed E-state index contributed by atoms with van der Waals surface area (Å²) in [5.74, 6) is 1.60. The Bertz CT molecular complexity index is 928. The molecule has 0 aliphatic carbocycles. The zero-order valence-corrected chi connectivity index (χ0v) is 18.1. The topological polar surface area (TPSA) is 45.8 Å². The fourth-order valence-electron chi connectivity index (χ4n) is 3.20. The number of hydrogen-bond donors (Lipinski definition) is 1. The number of furan rings is 1. The zero-order valence-electron chi connectivity index (χ0n) is 16.6. The molecule has 6 heteroatoms. The second-order valence-electron chi connectivity index (χ2n) is 7.22. The smallest absolute Gasteiger partial charge is 0.122 e. The predicted octanol–water partition coefficient (Wildman–Crippen LogP) is 5.65. The number of hydrogen-bond acceptors (Lipinski definition) is 4. The summed E-state index contributed by atoms with van der Waals surface area (Å²) in [6.45, 7) is 5.75. The molecular weight excluding hydrogens is 409 g/mol. The van der Waals surface area contributed by atoms with E-state index in [1.165, 1.54) is 5.56 Å². The van der Waals surface area contributed by atoms with Crippen LogP contribution in [0, 0.1) is 13.8 Å². The third-order valence-electron chi connectivity index (χ3n) is 4.60. The van der Waals surface area contributed by atoms with Gasteiger partial charge in [0.2, 0.25) is 0 Å². The molecule has 1 heterocycles. The van der Waals surface area contributed by atoms with Gasteiger partial charge in [-0.1, -0.05) is 47.0 Å². The quantitative estimate of drug-likeness (QED) is 0.473. The maximum absolute atomic E-state index is 10.6. The van der Waals surface area contributed by atoms with Crippen LogP contribution in [0.3, 0.4) is 0 Å². The summed E-state index contributed by atoms with van der Waals surface area (Å²) in [5, 5.41) is 11.8. The normalized spacial score (nSPS) is 12.3. The molecule has 1 unspecified atom stereocenters. The molecule has 0 saturated carbocycles. The van der Waals surface area contributed by atoms with Crippen molar-refractivity contribution in [3.8, 4) is 5.75 Å². The summed E-state index contributed by atoms with van der Waals surface area (Å²) in [4.78, 5) is 2.07. The van der Waals surface area contributed by atoms with E-state index in [0.717, 1.165) is 22.6 Å². The minimum atomic E-state index is -0.670. The first-order chi connectivity index (χ1) is 13.9. The van der Waals surface area contributed by atoms with Crippen LogP contribution in [0.25, 0.3) is 0 Å². The Morgan fingerprint density at radius 3 is 2.59 bits per heavy atom. The van der Waals surface area contributed by atoms with Gasteiger partial charge < -0.3 is 14.3 Å². The second kappa shape index (κ2) is 10.2. The van der Waals surface area contributed by atoms with Crippen LogP contribution in [-0.4, -0.2) is 29.3 Å². The fourth-order valence-corrected chi connectivity index (χ4v) is 3.66. The second-order valence-corrected chi connectivity index (χ2v) is 8.06. The summed E-state index contributed by atoms with van der Waals surface area (Å²) >= 11 is 12.3. The first kappa shape index (κ1) is 21.7. The highest BCUT2D eigenvalue weighted by molar-refractivity contribution is 6.35. The van der Waals surface area contributed by atoms with E-state index in [9.17, 15) is 5.11 Å². The maximum atomic E-state index is 10.6. The number of nitrogens with zero attached hydrogens (tertiary/aromatic N) is 1. The lowest BCUT2D eigenvalue weighted by Gasteiger charge is -2.25. The number of rotatable bonds is 9. The summed E-state index contributed by atoms with van der Waals surface area (Å²) in [6, 6.07) is 15.2. The Hall–Kier alpha value is -1.98. The molecule has 0 fully saturated rings. The van der Waals surface area contributed by atoms with Crippen molar-refractivity contribution >= 4 is 23.2 Å². The van der Waals surface area contributed by atoms with E-state index in [-0.39, 0.29) is 6.61 Å². The number of aliphatic hydroxyl groups is 1. The Balaban J connectivity index is 1.65. The van der Waals surface area contributed by atoms with Crippen LogP contribution in [0.15, 0.2) is 59.2 Å². The van der Waals surface area contributed by atoms with Gasteiger partial charge in [0.25, 0.3) is 0 Å². The van der Waals surface area contributed by atoms with Gasteiger partial charge in [-0.25, -0.2) is 0 Å². The molecule has 0 aliphatic rings. The molecule has 0 amide bonds. The molecule has 154 valence electrons. The first-order valence-electron chi connectivity index (χ1n) is 9.47. The van der Waals surface area contributed by atoms with Crippen LogP contribution in [0.1, 0.15) is 22.5 Å². The molecule has 0 aliphatic heterocycles. The van der Waals surface area contributed by atoms with Crippen LogP contribution in [-0.2, 0) is 13.1 Å². The van der Waals surface area contributed by atoms with E-state index < -0.39 is 6.10 Å². The molecular formula is C23H25Cl2NO3. The average molecular weight is 434 g/mol. The molecule has 0 bridgehead atoms. The van der Waals surface area contributed by atoms with E-state index in [1.807, 2.05) is 50.2 Å². The van der Waals surface area contributed by atoms with Crippen molar-refractivity contribution < 1.29 is 14.3 Å². The van der Waals surface area contributed by atoms with Crippen molar-refractivity contribution in [1.29, 1.82) is 0 Å². The Labute approximate surface area is 181 Å². The van der Waals surface area contributed by atoms with Crippen LogP contribution in [0.4, 0.5) is 0 Å². The number of aliphatic hydroxyl groups excluding tert-OH is 1. The lowest BCUT2D eigenvalue weighted by molar-refractivity contribution is 0.0602. The molecule has 29 heavy (non-hydrogen) atoms. The van der Waals surface area contributed by atoms with Crippen LogP contribution in [0.2, 0.25) is 10.0 Å². The number of ether oxygens (including phenoxy) is 1. The van der Waals surface area contributed by atoms with Gasteiger partial charge in [-0.05, 0) is 55.3 Å². The monoisotopic (exact) mass is 433 g/mol. The standard InChI is InChI=1S/C23H25Cl2NO3/c1-16-5-8-23(17(2)10-16)29-15-20(27)13-26(14-21-4-3-9-28-21)12-18-6-7-19(24)11-22(18)25/h3-11,20,27H,12-15H2,1-2H3. The Morgan fingerprint density at radius 2 is 1.90 bits per heavy atom. The van der Waals surface area contributed by atoms with Crippen molar-refractivity contribution in [3.05, 3.63) is 87.3 Å². The summed E-state index contributed by atoms with van der Waals surface area (Å²) in [5.41, 5.74) is 3.17. The zero-order chi connectivity index (χ0) is 20.8. The predicted molar refractivity (Wildman–Crippen MR) is 117 cm³/mol. The van der Waals surface area contributed by atoms with Crippen molar-refractivity contribution in [2.24, 2.45) is 0 Å². The molecule has 3 aromatic rings. The third kappa shape index (κ3) is 6.51. The SMILES string of the molecule is Cc1ccc(OCC(O)CN(Cc2ccco2)Cc2ccc(Cl)cc2Cl)c(C)c1. The number of halogens is 2. The highest BCUT2D eigenvalue weighted by Crippen LogP contribution is 2.23. The van der Waals surface area contributed by atoms with Gasteiger partial charge in [-0.2, -0.15) is 0 Å². The van der Waals surface area contributed by atoms with Crippen molar-refractivity contribution in [3.63, 3.8) is 0 Å². The van der Waals surface area contributed by atoms with E-state index in [1.54, 1.807) is 12.3 Å². The minimum Gasteiger partial charge on any atom is -0.491 e. The Kier molecular flexibility index (Phi) is 7.62. The average Bonchev–Trinajstić information content (AvgIpc) is 3.16. The van der Waals surface area contributed by atoms with Gasteiger partial charge in [0.1, 0.15) is 24.2 Å². The first-order valence-corrected chi connectivity index (χ1v) is 10.2. The maximum Gasteiger partial charge on any atom is 0.122 e. The van der Waals surface area contributed by atoms with Gasteiger partial charge in [0.05, 0.1) is 12.8 Å². The van der Waals surface area contributed by atoms with Crippen LogP contribution < -0.4 is 4.74 Å². The van der Waals surface area contributed by atoms with Gasteiger partial charge in [0.15, 0.2) is 0 Å². The molecule has 1 aromatic heterocycles. The van der Waals surface area contributed by atoms with E-state index in [0.29, 0.717) is 29.7 Å². The van der Waals surface area contributed by atoms with Crippen LogP contribution >= 0.6 is 23.2 Å². The molecule has 0 saturated heterocycles. The molecule has 1 atom stereocenters. The largest absolute Gasteiger partial charge is 0.491 e. The molecule has 4 nitrogen and oxygen atoms in total. The lowest BCUT2D eigenvalue weighted by Crippen LogP contribution is -2.35. The number of benzene rings is 2. The highest BCUT2D eigenvalue weighted by atomic mass is 35.5. The van der Waals surface area contributed by atoms with Gasteiger partial charge in [-0.15, -0.1) is 0 Å². The van der Waals surface area contributed by atoms with E-state index in [4.69, 9.17) is 32.4 Å². The highest BCUT2D eigenvalue weighted by Gasteiger charge is 2.17. The Morgan fingerprint density at radius 1 is 1.07 bits per heavy atom. The van der Waals surface area contributed by atoms with E-state index in [2.05, 4.69) is 11.0 Å². The molecule has 0 spiro atoms.